The van der Waals surface area contributed by atoms with Crippen molar-refractivity contribution >= 4 is 0 Å². The molecule has 0 amide bonds. The van der Waals surface area contributed by atoms with Crippen LogP contribution in [0.4, 0.5) is 0 Å². The van der Waals surface area contributed by atoms with Crippen LogP contribution in [-0.2, 0) is 0 Å². The van der Waals surface area contributed by atoms with Crippen LogP contribution in [0.15, 0.2) is 0 Å². The highest BCUT2D eigenvalue weighted by Gasteiger charge is 2.28. The van der Waals surface area contributed by atoms with E-state index in [1.807, 2.05) is 0 Å². The van der Waals surface area contributed by atoms with Gasteiger partial charge in [0.25, 0.3) is 0 Å². The van der Waals surface area contributed by atoms with E-state index in [1.165, 1.54) is 58.0 Å². The van der Waals surface area contributed by atoms with Gasteiger partial charge < -0.3 is 10.2 Å². The second-order valence-electron chi connectivity index (χ2n) is 6.81. The standard InChI is InChI=1S/C16H32N2/c1-4-5-14-6-8-15(9-7-14)17-16-10-11-18(3)12-13(16)2/h13-17H,4-12H2,1-3H3. The number of likely N-dealkylation sites (tertiary alicyclic amines) is 1. The number of nitrogens with zero attached hydrogens (tertiary/aromatic N) is 1. The summed E-state index contributed by atoms with van der Waals surface area (Å²) in [6, 6.07) is 1.59. The summed E-state index contributed by atoms with van der Waals surface area (Å²) >= 11 is 0. The fourth-order valence-electron chi connectivity index (χ4n) is 3.93. The van der Waals surface area contributed by atoms with Crippen molar-refractivity contribution in [3.05, 3.63) is 0 Å². The zero-order valence-corrected chi connectivity index (χ0v) is 12.6. The van der Waals surface area contributed by atoms with E-state index >= 15 is 0 Å². The van der Waals surface area contributed by atoms with Crippen LogP contribution in [0.5, 0.6) is 0 Å². The van der Waals surface area contributed by atoms with Crippen molar-refractivity contribution < 1.29 is 0 Å². The quantitative estimate of drug-likeness (QED) is 0.826. The molecule has 106 valence electrons. The predicted octanol–water partition coefficient (Wildman–Crippen LogP) is 3.28. The fraction of sp³-hybridized carbons (Fsp3) is 1.00. The molecule has 2 aliphatic rings. The molecule has 0 radical (unpaired) electrons. The molecule has 1 aliphatic carbocycles. The van der Waals surface area contributed by atoms with Gasteiger partial charge in [-0.25, -0.2) is 0 Å². The van der Waals surface area contributed by atoms with E-state index in [9.17, 15) is 0 Å². The van der Waals surface area contributed by atoms with Crippen LogP contribution in [0.1, 0.15) is 58.8 Å². The van der Waals surface area contributed by atoms with E-state index in [4.69, 9.17) is 0 Å². The summed E-state index contributed by atoms with van der Waals surface area (Å²) in [4.78, 5) is 2.47. The number of hydrogen-bond acceptors (Lipinski definition) is 2. The third kappa shape index (κ3) is 3.96. The lowest BCUT2D eigenvalue weighted by molar-refractivity contribution is 0.152. The summed E-state index contributed by atoms with van der Waals surface area (Å²) in [5.74, 6) is 1.85. The predicted molar refractivity (Wildman–Crippen MR) is 78.9 cm³/mol. The normalized spacial score (nSPS) is 38.8. The third-order valence-electron chi connectivity index (χ3n) is 5.10. The zero-order chi connectivity index (χ0) is 13.0. The van der Waals surface area contributed by atoms with Gasteiger partial charge in [-0.3, -0.25) is 0 Å². The summed E-state index contributed by atoms with van der Waals surface area (Å²) in [5, 5.41) is 3.96. The van der Waals surface area contributed by atoms with Gasteiger partial charge >= 0.3 is 0 Å². The molecule has 1 N–H and O–H groups in total. The Labute approximate surface area is 114 Å². The average Bonchev–Trinajstić information content (AvgIpc) is 2.35. The Kier molecular flexibility index (Phi) is 5.50. The van der Waals surface area contributed by atoms with Crippen molar-refractivity contribution in [2.24, 2.45) is 11.8 Å². The largest absolute Gasteiger partial charge is 0.311 e. The van der Waals surface area contributed by atoms with Gasteiger partial charge in [-0.1, -0.05) is 26.7 Å². The summed E-state index contributed by atoms with van der Waals surface area (Å²) in [6.45, 7) is 7.27. The van der Waals surface area contributed by atoms with E-state index in [1.54, 1.807) is 0 Å². The monoisotopic (exact) mass is 252 g/mol. The molecule has 2 fully saturated rings. The van der Waals surface area contributed by atoms with Gasteiger partial charge in [-0.15, -0.1) is 0 Å². The third-order valence-corrected chi connectivity index (χ3v) is 5.10. The van der Waals surface area contributed by atoms with Crippen LogP contribution < -0.4 is 5.32 Å². The van der Waals surface area contributed by atoms with Gasteiger partial charge in [-0.05, 0) is 57.5 Å². The second kappa shape index (κ2) is 6.91. The zero-order valence-electron chi connectivity index (χ0n) is 12.6. The summed E-state index contributed by atoms with van der Waals surface area (Å²) < 4.78 is 0. The molecular formula is C16H32N2. The minimum absolute atomic E-state index is 0.772. The van der Waals surface area contributed by atoms with Crippen LogP contribution in [0.2, 0.25) is 0 Å². The molecule has 0 aromatic carbocycles. The van der Waals surface area contributed by atoms with Gasteiger partial charge in [0.2, 0.25) is 0 Å². The molecule has 0 spiro atoms. The maximum atomic E-state index is 3.96. The van der Waals surface area contributed by atoms with E-state index in [-0.39, 0.29) is 0 Å². The Morgan fingerprint density at radius 2 is 1.83 bits per heavy atom. The molecule has 2 nitrogen and oxygen atoms in total. The number of piperidine rings is 1. The van der Waals surface area contributed by atoms with Gasteiger partial charge in [-0.2, -0.15) is 0 Å². The van der Waals surface area contributed by atoms with E-state index in [0.717, 1.165) is 23.9 Å². The van der Waals surface area contributed by atoms with Crippen LogP contribution in [0.25, 0.3) is 0 Å². The molecule has 2 unspecified atom stereocenters. The molecule has 18 heavy (non-hydrogen) atoms. The first kappa shape index (κ1) is 14.3. The van der Waals surface area contributed by atoms with Crippen LogP contribution >= 0.6 is 0 Å². The Morgan fingerprint density at radius 1 is 1.11 bits per heavy atom. The summed E-state index contributed by atoms with van der Waals surface area (Å²) in [6.07, 6.45) is 9.94. The average molecular weight is 252 g/mol. The molecule has 1 aliphatic heterocycles. The molecule has 0 aromatic rings. The molecule has 1 heterocycles. The van der Waals surface area contributed by atoms with E-state index < -0.39 is 0 Å². The highest BCUT2D eigenvalue weighted by atomic mass is 15.1. The van der Waals surface area contributed by atoms with Crippen molar-refractivity contribution in [3.63, 3.8) is 0 Å². The first-order valence-electron chi connectivity index (χ1n) is 8.13. The summed E-state index contributed by atoms with van der Waals surface area (Å²) in [7, 11) is 2.25. The molecule has 2 rings (SSSR count). The number of nitrogens with one attached hydrogen (secondary N) is 1. The van der Waals surface area contributed by atoms with E-state index in [0.29, 0.717) is 0 Å². The second-order valence-corrected chi connectivity index (χ2v) is 6.81. The maximum absolute atomic E-state index is 3.96. The highest BCUT2D eigenvalue weighted by molar-refractivity contribution is 4.86. The Balaban J connectivity index is 1.71. The Hall–Kier alpha value is -0.0800. The van der Waals surface area contributed by atoms with Crippen LogP contribution in [0.3, 0.4) is 0 Å². The van der Waals surface area contributed by atoms with E-state index in [2.05, 4.69) is 31.1 Å². The van der Waals surface area contributed by atoms with Gasteiger partial charge in [0.1, 0.15) is 0 Å². The topological polar surface area (TPSA) is 15.3 Å². The molecule has 2 heteroatoms. The molecule has 0 aromatic heterocycles. The van der Waals surface area contributed by atoms with Crippen LogP contribution in [0, 0.1) is 11.8 Å². The molecular weight excluding hydrogens is 220 g/mol. The van der Waals surface area contributed by atoms with Crippen molar-refractivity contribution in [2.75, 3.05) is 20.1 Å². The smallest absolute Gasteiger partial charge is 0.0120 e. The fourth-order valence-corrected chi connectivity index (χ4v) is 3.93. The minimum Gasteiger partial charge on any atom is -0.311 e. The molecule has 1 saturated carbocycles. The van der Waals surface area contributed by atoms with Crippen molar-refractivity contribution in [2.45, 2.75) is 70.9 Å². The first-order chi connectivity index (χ1) is 8.69. The highest BCUT2D eigenvalue weighted by Crippen LogP contribution is 2.29. The molecule has 1 saturated heterocycles. The Bertz CT molecular complexity index is 233. The van der Waals surface area contributed by atoms with Crippen molar-refractivity contribution in [1.82, 2.24) is 10.2 Å². The lowest BCUT2D eigenvalue weighted by Crippen LogP contribution is -2.50. The van der Waals surface area contributed by atoms with Gasteiger partial charge in [0.15, 0.2) is 0 Å². The van der Waals surface area contributed by atoms with Crippen molar-refractivity contribution in [1.29, 1.82) is 0 Å². The lowest BCUT2D eigenvalue weighted by Gasteiger charge is -2.39. The minimum atomic E-state index is 0.772. The molecule has 0 bridgehead atoms. The van der Waals surface area contributed by atoms with Gasteiger partial charge in [0.05, 0.1) is 0 Å². The lowest BCUT2D eigenvalue weighted by atomic mass is 9.82. The molecule has 2 atom stereocenters. The first-order valence-corrected chi connectivity index (χ1v) is 8.13. The Morgan fingerprint density at radius 3 is 2.44 bits per heavy atom. The SMILES string of the molecule is CCCC1CCC(NC2CCN(C)CC2C)CC1. The summed E-state index contributed by atoms with van der Waals surface area (Å²) in [5.41, 5.74) is 0. The number of hydrogen-bond donors (Lipinski definition) is 1. The van der Waals surface area contributed by atoms with Crippen molar-refractivity contribution in [3.8, 4) is 0 Å². The van der Waals surface area contributed by atoms with Crippen LogP contribution in [-0.4, -0.2) is 37.1 Å². The maximum Gasteiger partial charge on any atom is 0.0120 e. The van der Waals surface area contributed by atoms with Gasteiger partial charge in [0, 0.05) is 18.6 Å². The number of rotatable bonds is 4.